The van der Waals surface area contributed by atoms with Gasteiger partial charge in [-0.3, -0.25) is 0 Å². The average Bonchev–Trinajstić information content (AvgIpc) is 2.69. The number of hydrogen-bond acceptors (Lipinski definition) is 4. The van der Waals surface area contributed by atoms with Crippen LogP contribution >= 0.6 is 23.1 Å². The lowest BCUT2D eigenvalue weighted by molar-refractivity contribution is 0.462. The lowest BCUT2D eigenvalue weighted by Crippen LogP contribution is -1.79. The number of thiazole rings is 1. The molecule has 1 N–H and O–H groups in total. The molecular weight excluding hydrogens is 214 g/mol. The summed E-state index contributed by atoms with van der Waals surface area (Å²) < 4.78 is 0. The molecular formula is C10H9NOS2. The monoisotopic (exact) mass is 223 g/mol. The van der Waals surface area contributed by atoms with Crippen molar-refractivity contribution in [2.45, 2.75) is 10.6 Å². The molecule has 14 heavy (non-hydrogen) atoms. The third-order valence-electron chi connectivity index (χ3n) is 1.72. The SMILES string of the molecule is Oc1ccccc1SCc1cscn1. The van der Waals surface area contributed by atoms with Gasteiger partial charge < -0.3 is 5.11 Å². The number of benzene rings is 1. The summed E-state index contributed by atoms with van der Waals surface area (Å²) in [7, 11) is 0. The molecule has 1 aromatic carbocycles. The second kappa shape index (κ2) is 4.48. The smallest absolute Gasteiger partial charge is 0.129 e. The van der Waals surface area contributed by atoms with Crippen LogP contribution in [0.1, 0.15) is 5.69 Å². The lowest BCUT2D eigenvalue weighted by atomic mass is 10.3. The zero-order valence-electron chi connectivity index (χ0n) is 7.38. The Bertz CT molecular complexity index is 400. The van der Waals surface area contributed by atoms with Crippen LogP contribution in [0.3, 0.4) is 0 Å². The highest BCUT2D eigenvalue weighted by molar-refractivity contribution is 7.98. The van der Waals surface area contributed by atoms with E-state index in [1.54, 1.807) is 29.2 Å². The van der Waals surface area contributed by atoms with Crippen molar-refractivity contribution >= 4 is 23.1 Å². The van der Waals surface area contributed by atoms with Crippen molar-refractivity contribution in [3.8, 4) is 5.75 Å². The van der Waals surface area contributed by atoms with Gasteiger partial charge in [0.2, 0.25) is 0 Å². The Hall–Kier alpha value is -1.00. The standard InChI is InChI=1S/C10H9NOS2/c12-9-3-1-2-4-10(9)14-6-8-5-13-7-11-8/h1-5,7,12H,6H2. The van der Waals surface area contributed by atoms with Crippen molar-refractivity contribution in [3.63, 3.8) is 0 Å². The van der Waals surface area contributed by atoms with Gasteiger partial charge in [0.1, 0.15) is 5.75 Å². The third-order valence-corrected chi connectivity index (χ3v) is 3.46. The molecule has 2 aromatic rings. The molecule has 0 fully saturated rings. The molecule has 1 heterocycles. The van der Waals surface area contributed by atoms with Crippen LogP contribution in [0.2, 0.25) is 0 Å². The van der Waals surface area contributed by atoms with Crippen LogP contribution in [0.5, 0.6) is 5.75 Å². The van der Waals surface area contributed by atoms with Gasteiger partial charge in [0, 0.05) is 16.0 Å². The predicted molar refractivity (Wildman–Crippen MR) is 59.8 cm³/mol. The molecule has 0 bridgehead atoms. The van der Waals surface area contributed by atoms with Crippen molar-refractivity contribution in [2.24, 2.45) is 0 Å². The van der Waals surface area contributed by atoms with Crippen molar-refractivity contribution in [2.75, 3.05) is 0 Å². The van der Waals surface area contributed by atoms with Gasteiger partial charge in [-0.1, -0.05) is 12.1 Å². The normalized spacial score (nSPS) is 10.3. The Morgan fingerprint density at radius 3 is 2.93 bits per heavy atom. The first-order valence-electron chi connectivity index (χ1n) is 4.14. The zero-order chi connectivity index (χ0) is 9.80. The maximum Gasteiger partial charge on any atom is 0.129 e. The van der Waals surface area contributed by atoms with Gasteiger partial charge in [-0.15, -0.1) is 23.1 Å². The number of nitrogens with zero attached hydrogens (tertiary/aromatic N) is 1. The van der Waals surface area contributed by atoms with Crippen LogP contribution in [0.15, 0.2) is 40.1 Å². The highest BCUT2D eigenvalue weighted by Crippen LogP contribution is 2.29. The third kappa shape index (κ3) is 2.27. The van der Waals surface area contributed by atoms with E-state index in [2.05, 4.69) is 4.98 Å². The first-order chi connectivity index (χ1) is 6.86. The lowest BCUT2D eigenvalue weighted by Gasteiger charge is -2.01. The van der Waals surface area contributed by atoms with Crippen molar-refractivity contribution in [1.82, 2.24) is 4.98 Å². The molecule has 2 rings (SSSR count). The van der Waals surface area contributed by atoms with E-state index < -0.39 is 0 Å². The van der Waals surface area contributed by atoms with Gasteiger partial charge in [0.15, 0.2) is 0 Å². The Balaban J connectivity index is 2.02. The number of phenols is 1. The molecule has 72 valence electrons. The maximum atomic E-state index is 9.50. The zero-order valence-corrected chi connectivity index (χ0v) is 9.02. The number of aromatic hydroxyl groups is 1. The number of hydrogen-bond donors (Lipinski definition) is 1. The van der Waals surface area contributed by atoms with E-state index in [9.17, 15) is 5.11 Å². The summed E-state index contributed by atoms with van der Waals surface area (Å²) in [4.78, 5) is 5.08. The molecule has 0 spiro atoms. The quantitative estimate of drug-likeness (QED) is 0.811. The number of thioether (sulfide) groups is 1. The first kappa shape index (κ1) is 9.55. The number of para-hydroxylation sites is 1. The van der Waals surface area contributed by atoms with Crippen LogP contribution < -0.4 is 0 Å². The summed E-state index contributed by atoms with van der Waals surface area (Å²) >= 11 is 3.19. The fraction of sp³-hybridized carbons (Fsp3) is 0.100. The molecule has 0 atom stereocenters. The van der Waals surface area contributed by atoms with E-state index in [-0.39, 0.29) is 0 Å². The highest BCUT2D eigenvalue weighted by Gasteiger charge is 2.01. The van der Waals surface area contributed by atoms with Crippen molar-refractivity contribution < 1.29 is 5.11 Å². The van der Waals surface area contributed by atoms with Crippen LogP contribution in [0.25, 0.3) is 0 Å². The molecule has 0 aliphatic heterocycles. The minimum absolute atomic E-state index is 0.340. The molecule has 0 radical (unpaired) electrons. The molecule has 0 aliphatic carbocycles. The predicted octanol–water partition coefficient (Wildman–Crippen LogP) is 3.14. The second-order valence-corrected chi connectivity index (χ2v) is 4.47. The average molecular weight is 223 g/mol. The summed E-state index contributed by atoms with van der Waals surface area (Å²) in [6.45, 7) is 0. The largest absolute Gasteiger partial charge is 0.507 e. The van der Waals surface area contributed by atoms with Crippen LogP contribution in [0.4, 0.5) is 0 Å². The fourth-order valence-corrected chi connectivity index (χ4v) is 2.56. The Kier molecular flexibility index (Phi) is 3.06. The highest BCUT2D eigenvalue weighted by atomic mass is 32.2. The van der Waals surface area contributed by atoms with E-state index in [0.717, 1.165) is 16.3 Å². The number of aromatic nitrogens is 1. The van der Waals surface area contributed by atoms with Gasteiger partial charge in [0.25, 0.3) is 0 Å². The van der Waals surface area contributed by atoms with Gasteiger partial charge in [-0.05, 0) is 12.1 Å². The van der Waals surface area contributed by atoms with E-state index in [4.69, 9.17) is 0 Å². The van der Waals surface area contributed by atoms with Crippen molar-refractivity contribution in [3.05, 3.63) is 40.8 Å². The Morgan fingerprint density at radius 2 is 2.21 bits per heavy atom. The summed E-state index contributed by atoms with van der Waals surface area (Å²) in [6.07, 6.45) is 0. The van der Waals surface area contributed by atoms with Crippen LogP contribution in [-0.2, 0) is 5.75 Å². The summed E-state index contributed by atoms with van der Waals surface area (Å²) in [5.41, 5.74) is 2.88. The van der Waals surface area contributed by atoms with Gasteiger partial charge in [-0.25, -0.2) is 4.98 Å². The van der Waals surface area contributed by atoms with E-state index in [1.165, 1.54) is 0 Å². The molecule has 1 aromatic heterocycles. The topological polar surface area (TPSA) is 33.1 Å². The number of phenolic OH excluding ortho intramolecular Hbond substituents is 1. The van der Waals surface area contributed by atoms with E-state index in [1.807, 2.05) is 29.1 Å². The van der Waals surface area contributed by atoms with Gasteiger partial charge >= 0.3 is 0 Å². The summed E-state index contributed by atoms with van der Waals surface area (Å²) in [5.74, 6) is 1.15. The van der Waals surface area contributed by atoms with Gasteiger partial charge in [-0.2, -0.15) is 0 Å². The molecule has 2 nitrogen and oxygen atoms in total. The Labute approximate surface area is 90.6 Å². The van der Waals surface area contributed by atoms with Crippen LogP contribution in [0, 0.1) is 0 Å². The summed E-state index contributed by atoms with van der Waals surface area (Å²) in [6, 6.07) is 7.35. The van der Waals surface area contributed by atoms with Gasteiger partial charge in [0.05, 0.1) is 11.2 Å². The molecule has 0 aliphatic rings. The van der Waals surface area contributed by atoms with E-state index in [0.29, 0.717) is 5.75 Å². The minimum Gasteiger partial charge on any atom is -0.507 e. The Morgan fingerprint density at radius 1 is 1.36 bits per heavy atom. The van der Waals surface area contributed by atoms with Crippen molar-refractivity contribution in [1.29, 1.82) is 0 Å². The molecule has 0 unspecified atom stereocenters. The molecule has 0 saturated heterocycles. The molecule has 4 heteroatoms. The first-order valence-corrected chi connectivity index (χ1v) is 6.07. The van der Waals surface area contributed by atoms with Crippen LogP contribution in [-0.4, -0.2) is 10.1 Å². The minimum atomic E-state index is 0.340. The second-order valence-electron chi connectivity index (χ2n) is 2.74. The molecule has 0 saturated carbocycles. The van der Waals surface area contributed by atoms with E-state index >= 15 is 0 Å². The summed E-state index contributed by atoms with van der Waals surface area (Å²) in [5, 5.41) is 11.5. The maximum absolute atomic E-state index is 9.50. The number of rotatable bonds is 3. The fourth-order valence-electron chi connectivity index (χ4n) is 1.04. The molecule has 0 amide bonds.